The van der Waals surface area contributed by atoms with Crippen molar-refractivity contribution < 1.29 is 4.39 Å². The summed E-state index contributed by atoms with van der Waals surface area (Å²) in [4.78, 5) is 4.23. The molecule has 2 heterocycles. The number of hydrogen-bond donors (Lipinski definition) is 1. The Hall–Kier alpha value is -2.47. The lowest BCUT2D eigenvalue weighted by atomic mass is 10.0. The maximum atomic E-state index is 14.2. The van der Waals surface area contributed by atoms with E-state index in [0.717, 1.165) is 15.7 Å². The first-order valence-electron chi connectivity index (χ1n) is 7.11. The molecule has 1 aromatic heterocycles. The summed E-state index contributed by atoms with van der Waals surface area (Å²) in [7, 11) is 0. The highest BCUT2D eigenvalue weighted by Gasteiger charge is 2.25. The number of benzene rings is 2. The Balaban J connectivity index is 1.85. The summed E-state index contributed by atoms with van der Waals surface area (Å²) in [5.74, 6) is 0.335. The summed E-state index contributed by atoms with van der Waals surface area (Å²) in [6, 6.07) is 14.3. The van der Waals surface area contributed by atoms with Gasteiger partial charge in [-0.05, 0) is 29.8 Å². The quantitative estimate of drug-likeness (QED) is 0.733. The van der Waals surface area contributed by atoms with Gasteiger partial charge in [-0.3, -0.25) is 0 Å². The van der Waals surface area contributed by atoms with Crippen molar-refractivity contribution in [3.8, 4) is 0 Å². The predicted molar refractivity (Wildman–Crippen MR) is 90.3 cm³/mol. The summed E-state index contributed by atoms with van der Waals surface area (Å²) in [5, 5.41) is 7.47. The molecule has 0 spiro atoms. The molecule has 1 unspecified atom stereocenters. The molecule has 6 heteroatoms. The second kappa shape index (κ2) is 5.62. The van der Waals surface area contributed by atoms with Crippen LogP contribution in [0.2, 0.25) is 0 Å². The maximum absolute atomic E-state index is 14.2. The van der Waals surface area contributed by atoms with E-state index in [1.165, 1.54) is 12.4 Å². The Morgan fingerprint density at radius 3 is 2.83 bits per heavy atom. The molecule has 0 saturated heterocycles. The number of nitrogens with zero attached hydrogens (tertiary/aromatic N) is 3. The largest absolute Gasteiger partial charge is 0.324 e. The minimum Gasteiger partial charge on any atom is -0.324 e. The van der Waals surface area contributed by atoms with Crippen LogP contribution >= 0.6 is 15.9 Å². The molecule has 1 aliphatic rings. The molecule has 0 radical (unpaired) electrons. The molecule has 0 aliphatic carbocycles. The minimum atomic E-state index is -0.344. The summed E-state index contributed by atoms with van der Waals surface area (Å²) in [5.41, 5.74) is 2.43. The number of fused-ring (bicyclic) bond motifs is 1. The van der Waals surface area contributed by atoms with Crippen molar-refractivity contribution in [3.05, 3.63) is 82.4 Å². The third-order valence-corrected chi connectivity index (χ3v) is 4.26. The van der Waals surface area contributed by atoms with Gasteiger partial charge in [-0.25, -0.2) is 9.07 Å². The predicted octanol–water partition coefficient (Wildman–Crippen LogP) is 4.24. The van der Waals surface area contributed by atoms with Crippen LogP contribution in [-0.2, 0) is 0 Å². The lowest BCUT2D eigenvalue weighted by Crippen LogP contribution is -2.21. The van der Waals surface area contributed by atoms with E-state index >= 15 is 0 Å². The highest BCUT2D eigenvalue weighted by molar-refractivity contribution is 9.10. The van der Waals surface area contributed by atoms with E-state index in [2.05, 4.69) is 31.3 Å². The molecule has 23 heavy (non-hydrogen) atoms. The number of nitrogens with one attached hydrogen (secondary N) is 1. The van der Waals surface area contributed by atoms with Crippen molar-refractivity contribution in [1.82, 2.24) is 14.8 Å². The van der Waals surface area contributed by atoms with Gasteiger partial charge in [-0.1, -0.05) is 46.3 Å². The Morgan fingerprint density at radius 1 is 1.13 bits per heavy atom. The van der Waals surface area contributed by atoms with E-state index in [1.807, 2.05) is 36.4 Å². The molecule has 2 aromatic carbocycles. The number of hydrogen-bond acceptors (Lipinski definition) is 3. The van der Waals surface area contributed by atoms with Gasteiger partial charge in [0.15, 0.2) is 0 Å². The molecule has 0 saturated carbocycles. The van der Waals surface area contributed by atoms with E-state index in [9.17, 15) is 4.39 Å². The van der Waals surface area contributed by atoms with Gasteiger partial charge in [0.1, 0.15) is 18.2 Å². The molecule has 3 aromatic rings. The van der Waals surface area contributed by atoms with Crippen molar-refractivity contribution >= 4 is 27.6 Å². The number of anilines is 1. The second-order valence-corrected chi connectivity index (χ2v) is 6.13. The standard InChI is InChI=1S/C17H12BrFN4/c18-12-5-3-4-11(8-12)15-9-16(13-6-1-2-7-14(13)19)23-17(22-15)20-10-21-23/h1-10,16H,(H,20,21,22). The Bertz CT molecular complexity index is 903. The van der Waals surface area contributed by atoms with Crippen molar-refractivity contribution in [2.24, 2.45) is 0 Å². The lowest BCUT2D eigenvalue weighted by molar-refractivity contribution is 0.551. The zero-order valence-electron chi connectivity index (χ0n) is 11.9. The number of halogens is 2. The van der Waals surface area contributed by atoms with Gasteiger partial charge in [0.2, 0.25) is 5.95 Å². The molecule has 114 valence electrons. The molecule has 1 aliphatic heterocycles. The lowest BCUT2D eigenvalue weighted by Gasteiger charge is -2.24. The third kappa shape index (κ3) is 2.55. The molecular weight excluding hydrogens is 359 g/mol. The zero-order chi connectivity index (χ0) is 15.8. The van der Waals surface area contributed by atoms with Crippen molar-refractivity contribution in [2.45, 2.75) is 6.04 Å². The Labute approximate surface area is 140 Å². The number of aromatic nitrogens is 3. The van der Waals surface area contributed by atoms with Crippen LogP contribution in [0.25, 0.3) is 5.70 Å². The van der Waals surface area contributed by atoms with Gasteiger partial charge >= 0.3 is 0 Å². The Kier molecular flexibility index (Phi) is 3.46. The van der Waals surface area contributed by atoms with Crippen LogP contribution in [-0.4, -0.2) is 14.8 Å². The first kappa shape index (κ1) is 14.1. The van der Waals surface area contributed by atoms with Gasteiger partial charge in [-0.2, -0.15) is 10.1 Å². The van der Waals surface area contributed by atoms with Crippen molar-refractivity contribution in [1.29, 1.82) is 0 Å². The van der Waals surface area contributed by atoms with E-state index in [1.54, 1.807) is 16.8 Å². The highest BCUT2D eigenvalue weighted by Crippen LogP contribution is 2.33. The molecule has 0 bridgehead atoms. The van der Waals surface area contributed by atoms with Crippen LogP contribution in [0.4, 0.5) is 10.3 Å². The maximum Gasteiger partial charge on any atom is 0.226 e. The van der Waals surface area contributed by atoms with Crippen molar-refractivity contribution in [2.75, 3.05) is 5.32 Å². The van der Waals surface area contributed by atoms with Gasteiger partial charge in [0.05, 0.1) is 0 Å². The fraction of sp³-hybridized carbons (Fsp3) is 0.0588. The number of rotatable bonds is 2. The minimum absolute atomic E-state index is 0.259. The van der Waals surface area contributed by atoms with Gasteiger partial charge in [0.25, 0.3) is 0 Å². The second-order valence-electron chi connectivity index (χ2n) is 5.21. The average Bonchev–Trinajstić information content (AvgIpc) is 3.03. The summed E-state index contributed by atoms with van der Waals surface area (Å²) < 4.78 is 16.9. The highest BCUT2D eigenvalue weighted by atomic mass is 79.9. The topological polar surface area (TPSA) is 42.7 Å². The van der Waals surface area contributed by atoms with E-state index in [-0.39, 0.29) is 11.9 Å². The summed E-state index contributed by atoms with van der Waals surface area (Å²) in [6.45, 7) is 0. The van der Waals surface area contributed by atoms with Crippen LogP contribution in [0.3, 0.4) is 0 Å². The van der Waals surface area contributed by atoms with E-state index in [4.69, 9.17) is 0 Å². The molecule has 4 nitrogen and oxygen atoms in total. The van der Waals surface area contributed by atoms with Crippen LogP contribution in [0.15, 0.2) is 65.4 Å². The van der Waals surface area contributed by atoms with Crippen LogP contribution in [0.5, 0.6) is 0 Å². The van der Waals surface area contributed by atoms with Crippen LogP contribution in [0, 0.1) is 5.82 Å². The average molecular weight is 371 g/mol. The third-order valence-electron chi connectivity index (χ3n) is 3.77. The van der Waals surface area contributed by atoms with Crippen molar-refractivity contribution in [3.63, 3.8) is 0 Å². The first-order valence-corrected chi connectivity index (χ1v) is 7.90. The molecule has 0 amide bonds. The van der Waals surface area contributed by atoms with E-state index < -0.39 is 0 Å². The fourth-order valence-corrected chi connectivity index (χ4v) is 3.09. The number of allylic oxidation sites excluding steroid dienone is 1. The molecule has 1 atom stereocenters. The van der Waals surface area contributed by atoms with Gasteiger partial charge in [0, 0.05) is 15.7 Å². The first-order chi connectivity index (χ1) is 11.2. The van der Waals surface area contributed by atoms with Gasteiger partial charge < -0.3 is 5.32 Å². The monoisotopic (exact) mass is 370 g/mol. The molecular formula is C17H12BrFN4. The Morgan fingerprint density at radius 2 is 2.00 bits per heavy atom. The van der Waals surface area contributed by atoms with Crippen LogP contribution < -0.4 is 5.32 Å². The molecule has 1 N–H and O–H groups in total. The normalized spacial score (nSPS) is 16.4. The van der Waals surface area contributed by atoms with E-state index in [0.29, 0.717) is 11.5 Å². The smallest absolute Gasteiger partial charge is 0.226 e. The summed E-state index contributed by atoms with van der Waals surface area (Å²) in [6.07, 6.45) is 3.43. The summed E-state index contributed by atoms with van der Waals surface area (Å²) >= 11 is 3.48. The van der Waals surface area contributed by atoms with Crippen LogP contribution in [0.1, 0.15) is 17.2 Å². The van der Waals surface area contributed by atoms with Gasteiger partial charge in [-0.15, -0.1) is 0 Å². The molecule has 4 rings (SSSR count). The fourth-order valence-electron chi connectivity index (χ4n) is 2.69. The SMILES string of the molecule is Fc1ccccc1C1C=C(c2cccc(Br)c2)Nc2ncnn21. The zero-order valence-corrected chi connectivity index (χ0v) is 13.5. The molecule has 0 fully saturated rings.